The lowest BCUT2D eigenvalue weighted by Gasteiger charge is -2.19. The number of sulfonamides is 1. The van der Waals surface area contributed by atoms with E-state index in [2.05, 4.69) is 10.3 Å². The van der Waals surface area contributed by atoms with E-state index in [-0.39, 0.29) is 22.9 Å². The van der Waals surface area contributed by atoms with E-state index in [0.29, 0.717) is 29.5 Å². The third kappa shape index (κ3) is 5.49. The molecule has 1 N–H and O–H groups in total. The highest BCUT2D eigenvalue weighted by atomic mass is 32.2. The molecule has 2 heterocycles. The maximum Gasteiger partial charge on any atom is 0.269 e. The van der Waals surface area contributed by atoms with Gasteiger partial charge in [0.05, 0.1) is 22.1 Å². The van der Waals surface area contributed by atoms with Gasteiger partial charge in [-0.1, -0.05) is 25.0 Å². The number of nitrogens with zero attached hydrogens (tertiary/aromatic N) is 3. The molecule has 0 amide bonds. The van der Waals surface area contributed by atoms with Crippen molar-refractivity contribution in [3.8, 4) is 11.3 Å². The summed E-state index contributed by atoms with van der Waals surface area (Å²) in [4.78, 5) is 27.3. The van der Waals surface area contributed by atoms with Crippen LogP contribution in [0, 0.1) is 10.1 Å². The summed E-state index contributed by atoms with van der Waals surface area (Å²) in [5, 5.41) is 16.1. The summed E-state index contributed by atoms with van der Waals surface area (Å²) in [5.74, 6) is -0.213. The van der Waals surface area contributed by atoms with Crippen molar-refractivity contribution in [2.75, 3.05) is 25.0 Å². The van der Waals surface area contributed by atoms with Gasteiger partial charge in [0.1, 0.15) is 0 Å². The molecule has 11 heteroatoms. The van der Waals surface area contributed by atoms with Gasteiger partial charge in [-0.2, -0.15) is 4.31 Å². The van der Waals surface area contributed by atoms with Crippen molar-refractivity contribution in [2.45, 2.75) is 30.6 Å². The predicted molar refractivity (Wildman–Crippen MR) is 131 cm³/mol. The van der Waals surface area contributed by atoms with Gasteiger partial charge in [0.15, 0.2) is 10.9 Å². The number of ketones is 1. The second kappa shape index (κ2) is 10.4. The van der Waals surface area contributed by atoms with Crippen molar-refractivity contribution in [1.29, 1.82) is 0 Å². The molecule has 0 atom stereocenters. The quantitative estimate of drug-likeness (QED) is 0.273. The van der Waals surface area contributed by atoms with Gasteiger partial charge >= 0.3 is 0 Å². The number of hydrogen-bond acceptors (Lipinski definition) is 8. The number of aromatic nitrogens is 1. The summed E-state index contributed by atoms with van der Waals surface area (Å²) in [6.45, 7) is 1.12. The molecule has 0 bridgehead atoms. The van der Waals surface area contributed by atoms with Crippen LogP contribution in [0.2, 0.25) is 0 Å². The number of carbonyl (C=O) groups excluding carboxylic acids is 1. The van der Waals surface area contributed by atoms with Crippen LogP contribution in [0.25, 0.3) is 11.3 Å². The first-order valence-corrected chi connectivity index (χ1v) is 13.2. The van der Waals surface area contributed by atoms with Crippen LogP contribution in [0.4, 0.5) is 10.8 Å². The summed E-state index contributed by atoms with van der Waals surface area (Å²) in [6, 6.07) is 12.2. The first-order chi connectivity index (χ1) is 16.3. The number of carbonyl (C=O) groups is 1. The Labute approximate surface area is 201 Å². The summed E-state index contributed by atoms with van der Waals surface area (Å²) >= 11 is 1.33. The second-order valence-electron chi connectivity index (χ2n) is 7.96. The summed E-state index contributed by atoms with van der Waals surface area (Å²) in [5.41, 5.74) is 1.75. The number of hydrogen-bond donors (Lipinski definition) is 1. The molecule has 4 rings (SSSR count). The van der Waals surface area contributed by atoms with Crippen LogP contribution >= 0.6 is 11.3 Å². The van der Waals surface area contributed by atoms with Gasteiger partial charge in [0.2, 0.25) is 10.0 Å². The maximum absolute atomic E-state index is 12.9. The Kier molecular flexibility index (Phi) is 7.35. The lowest BCUT2D eigenvalue weighted by molar-refractivity contribution is -0.384. The molecule has 34 heavy (non-hydrogen) atoms. The van der Waals surface area contributed by atoms with E-state index in [1.807, 2.05) is 5.38 Å². The highest BCUT2D eigenvalue weighted by Crippen LogP contribution is 2.27. The number of nitro groups is 1. The minimum Gasteiger partial charge on any atom is -0.354 e. The van der Waals surface area contributed by atoms with Crippen LogP contribution in [0.15, 0.2) is 58.8 Å². The minimum atomic E-state index is -3.50. The number of nitrogens with one attached hydrogen (secondary N) is 1. The van der Waals surface area contributed by atoms with E-state index in [9.17, 15) is 23.3 Å². The highest BCUT2D eigenvalue weighted by molar-refractivity contribution is 7.89. The van der Waals surface area contributed by atoms with Gasteiger partial charge in [-0.05, 0) is 37.1 Å². The van der Waals surface area contributed by atoms with Crippen molar-refractivity contribution < 1.29 is 18.1 Å². The zero-order valence-corrected chi connectivity index (χ0v) is 20.0. The largest absolute Gasteiger partial charge is 0.354 e. The lowest BCUT2D eigenvalue weighted by atomic mass is 10.1. The number of rotatable bonds is 8. The standard InChI is InChI=1S/C23H24N4O5S2/c28-22(18-5-9-19(10-6-18)27(29)30)15-24-23-25-21(16-33-23)17-7-11-20(12-8-17)34(31,32)26-13-3-1-2-4-14-26/h5-12,16H,1-4,13-15H2,(H,24,25). The average Bonchev–Trinajstić information content (AvgIpc) is 3.14. The average molecular weight is 501 g/mol. The topological polar surface area (TPSA) is 123 Å². The number of non-ortho nitro benzene ring substituents is 1. The van der Waals surface area contributed by atoms with Crippen LogP contribution in [-0.4, -0.2) is 48.0 Å². The van der Waals surface area contributed by atoms with E-state index in [0.717, 1.165) is 31.2 Å². The third-order valence-electron chi connectivity index (χ3n) is 5.66. The second-order valence-corrected chi connectivity index (χ2v) is 10.8. The van der Waals surface area contributed by atoms with Gasteiger partial charge in [-0.25, -0.2) is 13.4 Å². The number of thiazole rings is 1. The first kappa shape index (κ1) is 24.0. The molecule has 1 aromatic heterocycles. The molecule has 178 valence electrons. The SMILES string of the molecule is O=C(CNc1nc(-c2ccc(S(=O)(=O)N3CCCCCC3)cc2)cs1)c1ccc([N+](=O)[O-])cc1. The predicted octanol–water partition coefficient (Wildman–Crippen LogP) is 4.58. The molecule has 0 spiro atoms. The number of Topliss-reactive ketones (excluding diaryl/α,β-unsaturated/α-hetero) is 1. The van der Waals surface area contributed by atoms with Crippen LogP contribution in [0.1, 0.15) is 36.0 Å². The van der Waals surface area contributed by atoms with E-state index in [1.165, 1.54) is 35.6 Å². The van der Waals surface area contributed by atoms with Gasteiger partial charge < -0.3 is 5.32 Å². The molecule has 3 aromatic rings. The zero-order chi connectivity index (χ0) is 24.1. The fourth-order valence-electron chi connectivity index (χ4n) is 3.74. The van der Waals surface area contributed by atoms with Gasteiger partial charge in [-0.3, -0.25) is 14.9 Å². The summed E-state index contributed by atoms with van der Waals surface area (Å²) in [7, 11) is -3.50. The van der Waals surface area contributed by atoms with Crippen molar-refractivity contribution in [3.63, 3.8) is 0 Å². The van der Waals surface area contributed by atoms with Crippen molar-refractivity contribution in [2.24, 2.45) is 0 Å². The Balaban J connectivity index is 1.39. The van der Waals surface area contributed by atoms with E-state index >= 15 is 0 Å². The molecular formula is C23H24N4O5S2. The van der Waals surface area contributed by atoms with Crippen LogP contribution in [0.5, 0.6) is 0 Å². The number of benzene rings is 2. The normalized spacial score (nSPS) is 14.9. The Hall–Kier alpha value is -3.15. The number of nitro benzene ring substituents is 1. The smallest absolute Gasteiger partial charge is 0.269 e. The Bertz CT molecular complexity index is 1260. The van der Waals surface area contributed by atoms with E-state index in [4.69, 9.17) is 0 Å². The fraction of sp³-hybridized carbons (Fsp3) is 0.304. The molecule has 1 aliphatic heterocycles. The van der Waals surface area contributed by atoms with Crippen LogP contribution < -0.4 is 5.32 Å². The Morgan fingerprint density at radius 2 is 1.68 bits per heavy atom. The Morgan fingerprint density at radius 3 is 2.29 bits per heavy atom. The monoisotopic (exact) mass is 500 g/mol. The van der Waals surface area contributed by atoms with Gasteiger partial charge in [0.25, 0.3) is 5.69 Å². The maximum atomic E-state index is 12.9. The summed E-state index contributed by atoms with van der Waals surface area (Å²) in [6.07, 6.45) is 3.90. The molecule has 9 nitrogen and oxygen atoms in total. The molecular weight excluding hydrogens is 476 g/mol. The molecule has 2 aromatic carbocycles. The van der Waals surface area contributed by atoms with Crippen LogP contribution in [-0.2, 0) is 10.0 Å². The van der Waals surface area contributed by atoms with E-state index in [1.54, 1.807) is 28.6 Å². The molecule has 1 saturated heterocycles. The molecule has 0 aliphatic carbocycles. The first-order valence-electron chi connectivity index (χ1n) is 10.9. The van der Waals surface area contributed by atoms with Crippen LogP contribution in [0.3, 0.4) is 0 Å². The van der Waals surface area contributed by atoms with E-state index < -0.39 is 14.9 Å². The molecule has 1 aliphatic rings. The lowest BCUT2D eigenvalue weighted by Crippen LogP contribution is -2.31. The Morgan fingerprint density at radius 1 is 1.03 bits per heavy atom. The zero-order valence-electron chi connectivity index (χ0n) is 18.3. The summed E-state index contributed by atoms with van der Waals surface area (Å²) < 4.78 is 27.5. The molecule has 1 fully saturated rings. The molecule has 0 radical (unpaired) electrons. The highest BCUT2D eigenvalue weighted by Gasteiger charge is 2.25. The van der Waals surface area contributed by atoms with Crippen molar-refractivity contribution in [1.82, 2.24) is 9.29 Å². The van der Waals surface area contributed by atoms with Crippen molar-refractivity contribution in [3.05, 3.63) is 69.6 Å². The van der Waals surface area contributed by atoms with Gasteiger partial charge in [0, 0.05) is 41.7 Å². The van der Waals surface area contributed by atoms with Gasteiger partial charge in [-0.15, -0.1) is 11.3 Å². The number of anilines is 1. The molecule has 0 saturated carbocycles. The molecule has 0 unspecified atom stereocenters. The van der Waals surface area contributed by atoms with Crippen molar-refractivity contribution >= 4 is 38.0 Å². The minimum absolute atomic E-state index is 0.00220. The third-order valence-corrected chi connectivity index (χ3v) is 8.37. The fourth-order valence-corrected chi connectivity index (χ4v) is 5.98.